The van der Waals surface area contributed by atoms with Crippen molar-refractivity contribution in [1.82, 2.24) is 5.32 Å². The zero-order valence-corrected chi connectivity index (χ0v) is 11.3. The molecule has 0 aliphatic carbocycles. The molecule has 1 N–H and O–H groups in total. The van der Waals surface area contributed by atoms with Gasteiger partial charge in [0.15, 0.2) is 0 Å². The average Bonchev–Trinajstić information content (AvgIpc) is 2.78. The van der Waals surface area contributed by atoms with Crippen molar-refractivity contribution < 1.29 is 22.6 Å². The van der Waals surface area contributed by atoms with Gasteiger partial charge < -0.3 is 14.8 Å². The standard InChI is InChI=1S/C14H16F3NO2/c1-13-7-18-5-12(13)9-3-8(19-2)4-11(14(15,16)17)10(9)6-20-13/h3-4,12,18H,5-7H2,1-2H3/t12-,13-/m1/s1. The van der Waals surface area contributed by atoms with Gasteiger partial charge in [0, 0.05) is 19.0 Å². The number of ether oxygens (including phenoxy) is 2. The van der Waals surface area contributed by atoms with E-state index in [0.717, 1.165) is 6.07 Å². The van der Waals surface area contributed by atoms with Crippen LogP contribution in [0.4, 0.5) is 13.2 Å². The zero-order valence-electron chi connectivity index (χ0n) is 11.3. The van der Waals surface area contributed by atoms with Gasteiger partial charge in [0.2, 0.25) is 0 Å². The van der Waals surface area contributed by atoms with Crippen LogP contribution in [0.1, 0.15) is 29.5 Å². The Morgan fingerprint density at radius 1 is 1.40 bits per heavy atom. The molecule has 0 amide bonds. The van der Waals surface area contributed by atoms with E-state index in [9.17, 15) is 13.2 Å². The third kappa shape index (κ3) is 1.98. The summed E-state index contributed by atoms with van der Waals surface area (Å²) in [5.41, 5.74) is -0.164. The summed E-state index contributed by atoms with van der Waals surface area (Å²) >= 11 is 0. The van der Waals surface area contributed by atoms with Gasteiger partial charge in [0.05, 0.1) is 24.9 Å². The summed E-state index contributed by atoms with van der Waals surface area (Å²) in [6.45, 7) is 3.19. The van der Waals surface area contributed by atoms with Crippen molar-refractivity contribution in [2.24, 2.45) is 0 Å². The fourth-order valence-corrected chi connectivity index (χ4v) is 3.14. The highest BCUT2D eigenvalue weighted by atomic mass is 19.4. The highest BCUT2D eigenvalue weighted by Crippen LogP contribution is 2.46. The molecule has 1 aromatic rings. The number of fused-ring (bicyclic) bond motifs is 3. The minimum Gasteiger partial charge on any atom is -0.497 e. The molecule has 1 fully saturated rings. The maximum absolute atomic E-state index is 13.2. The number of methoxy groups -OCH3 is 1. The molecular weight excluding hydrogens is 271 g/mol. The Kier molecular flexibility index (Phi) is 2.99. The van der Waals surface area contributed by atoms with Gasteiger partial charge in [-0.1, -0.05) is 0 Å². The molecule has 0 unspecified atom stereocenters. The van der Waals surface area contributed by atoms with Crippen LogP contribution >= 0.6 is 0 Å². The highest BCUT2D eigenvalue weighted by Gasteiger charge is 2.47. The Hall–Kier alpha value is -1.27. The smallest absolute Gasteiger partial charge is 0.416 e. The second kappa shape index (κ2) is 4.36. The van der Waals surface area contributed by atoms with Crippen LogP contribution in [0.5, 0.6) is 5.75 Å². The molecule has 2 aliphatic rings. The van der Waals surface area contributed by atoms with Crippen LogP contribution in [-0.4, -0.2) is 25.8 Å². The molecule has 2 aliphatic heterocycles. The van der Waals surface area contributed by atoms with E-state index in [1.165, 1.54) is 7.11 Å². The summed E-state index contributed by atoms with van der Waals surface area (Å²) in [5, 5.41) is 3.19. The quantitative estimate of drug-likeness (QED) is 0.861. The molecule has 20 heavy (non-hydrogen) atoms. The first kappa shape index (κ1) is 13.7. The van der Waals surface area contributed by atoms with E-state index < -0.39 is 17.3 Å². The van der Waals surface area contributed by atoms with Gasteiger partial charge in [-0.2, -0.15) is 13.2 Å². The van der Waals surface area contributed by atoms with Gasteiger partial charge in [-0.3, -0.25) is 0 Å². The van der Waals surface area contributed by atoms with E-state index in [4.69, 9.17) is 9.47 Å². The van der Waals surface area contributed by atoms with Gasteiger partial charge in [-0.05, 0) is 30.2 Å². The van der Waals surface area contributed by atoms with Crippen molar-refractivity contribution in [3.8, 4) is 5.75 Å². The Morgan fingerprint density at radius 3 is 2.80 bits per heavy atom. The van der Waals surface area contributed by atoms with Gasteiger partial charge in [-0.15, -0.1) is 0 Å². The molecule has 0 radical (unpaired) electrons. The third-order valence-corrected chi connectivity index (χ3v) is 4.28. The molecule has 1 aromatic carbocycles. The fourth-order valence-electron chi connectivity index (χ4n) is 3.14. The zero-order chi connectivity index (χ0) is 14.5. The van der Waals surface area contributed by atoms with Gasteiger partial charge in [-0.25, -0.2) is 0 Å². The van der Waals surface area contributed by atoms with E-state index in [2.05, 4.69) is 5.32 Å². The van der Waals surface area contributed by atoms with Crippen LogP contribution < -0.4 is 10.1 Å². The van der Waals surface area contributed by atoms with Crippen molar-refractivity contribution in [2.75, 3.05) is 20.2 Å². The highest BCUT2D eigenvalue weighted by molar-refractivity contribution is 5.48. The van der Waals surface area contributed by atoms with E-state index in [1.54, 1.807) is 6.07 Å². The third-order valence-electron chi connectivity index (χ3n) is 4.28. The summed E-state index contributed by atoms with van der Waals surface area (Å²) in [6, 6.07) is 2.76. The molecule has 2 heterocycles. The predicted octanol–water partition coefficient (Wildman–Crippen LogP) is 2.69. The minimum absolute atomic E-state index is 0.0111. The van der Waals surface area contributed by atoms with Crippen molar-refractivity contribution in [3.63, 3.8) is 0 Å². The van der Waals surface area contributed by atoms with Crippen LogP contribution in [0.2, 0.25) is 0 Å². The molecule has 0 saturated carbocycles. The topological polar surface area (TPSA) is 30.5 Å². The number of hydrogen-bond donors (Lipinski definition) is 1. The van der Waals surface area contributed by atoms with Crippen LogP contribution in [-0.2, 0) is 17.5 Å². The Balaban J connectivity index is 2.18. The second-order valence-electron chi connectivity index (χ2n) is 5.53. The normalized spacial score (nSPS) is 28.9. The molecule has 1 saturated heterocycles. The molecular formula is C14H16F3NO2. The van der Waals surface area contributed by atoms with Crippen molar-refractivity contribution >= 4 is 0 Å². The predicted molar refractivity (Wildman–Crippen MR) is 66.8 cm³/mol. The maximum Gasteiger partial charge on any atom is 0.416 e. The van der Waals surface area contributed by atoms with E-state index in [1.807, 2.05) is 6.92 Å². The number of halogens is 3. The number of hydrogen-bond acceptors (Lipinski definition) is 3. The first-order valence-electron chi connectivity index (χ1n) is 6.48. The van der Waals surface area contributed by atoms with Gasteiger partial charge >= 0.3 is 6.18 Å². The van der Waals surface area contributed by atoms with Crippen molar-refractivity contribution in [2.45, 2.75) is 31.2 Å². The first-order chi connectivity index (χ1) is 9.35. The number of benzene rings is 1. The van der Waals surface area contributed by atoms with E-state index >= 15 is 0 Å². The lowest BCUT2D eigenvalue weighted by Gasteiger charge is -2.38. The molecule has 0 spiro atoms. The molecule has 6 heteroatoms. The minimum atomic E-state index is -4.40. The number of alkyl halides is 3. The lowest BCUT2D eigenvalue weighted by molar-refractivity contribution is -0.141. The molecule has 3 rings (SSSR count). The van der Waals surface area contributed by atoms with Crippen molar-refractivity contribution in [1.29, 1.82) is 0 Å². The van der Waals surface area contributed by atoms with Gasteiger partial charge in [0.25, 0.3) is 0 Å². The van der Waals surface area contributed by atoms with E-state index in [0.29, 0.717) is 18.7 Å². The lowest BCUT2D eigenvalue weighted by Crippen LogP contribution is -2.40. The summed E-state index contributed by atoms with van der Waals surface area (Å²) < 4.78 is 50.4. The van der Waals surface area contributed by atoms with Crippen LogP contribution in [0.15, 0.2) is 12.1 Å². The molecule has 2 atom stereocenters. The Labute approximate surface area is 115 Å². The van der Waals surface area contributed by atoms with Crippen LogP contribution in [0.3, 0.4) is 0 Å². The second-order valence-corrected chi connectivity index (χ2v) is 5.53. The number of rotatable bonds is 1. The fraction of sp³-hybridized carbons (Fsp3) is 0.571. The van der Waals surface area contributed by atoms with Crippen LogP contribution in [0, 0.1) is 0 Å². The number of nitrogens with one attached hydrogen (secondary N) is 1. The SMILES string of the molecule is COc1cc2c(c(C(F)(F)F)c1)CO[C@]1(C)CNC[C@H]21. The summed E-state index contributed by atoms with van der Waals surface area (Å²) in [7, 11) is 1.38. The average molecular weight is 287 g/mol. The maximum atomic E-state index is 13.2. The first-order valence-corrected chi connectivity index (χ1v) is 6.48. The molecule has 0 aromatic heterocycles. The Morgan fingerprint density at radius 2 is 2.15 bits per heavy atom. The Bertz CT molecular complexity index is 544. The summed E-state index contributed by atoms with van der Waals surface area (Å²) in [5.74, 6) is 0.162. The van der Waals surface area contributed by atoms with Gasteiger partial charge in [0.1, 0.15) is 5.75 Å². The van der Waals surface area contributed by atoms with Crippen LogP contribution in [0.25, 0.3) is 0 Å². The monoisotopic (exact) mass is 287 g/mol. The molecule has 3 nitrogen and oxygen atoms in total. The molecule has 110 valence electrons. The summed E-state index contributed by atoms with van der Waals surface area (Å²) in [6.07, 6.45) is -4.40. The van der Waals surface area contributed by atoms with Crippen molar-refractivity contribution in [3.05, 3.63) is 28.8 Å². The molecule has 0 bridgehead atoms. The summed E-state index contributed by atoms with van der Waals surface area (Å²) in [4.78, 5) is 0. The largest absolute Gasteiger partial charge is 0.497 e. The lowest BCUT2D eigenvalue weighted by atomic mass is 9.80. The van der Waals surface area contributed by atoms with E-state index in [-0.39, 0.29) is 23.8 Å².